The molecule has 0 aliphatic carbocycles. The van der Waals surface area contributed by atoms with Crippen molar-refractivity contribution < 1.29 is 9.47 Å². The van der Waals surface area contributed by atoms with Crippen LogP contribution in [0.25, 0.3) is 0 Å². The molecule has 0 aliphatic rings. The number of halogens is 1. The predicted octanol–water partition coefficient (Wildman–Crippen LogP) is 4.05. The standard InChI is InChI=1S/C13H11ClO2/c14-10-15-11-6-8-13(9-7-11)16-12-4-2-1-3-5-12/h1-9H,10H2. The average molecular weight is 235 g/mol. The quantitative estimate of drug-likeness (QED) is 0.743. The fourth-order valence-corrected chi connectivity index (χ4v) is 1.42. The maximum Gasteiger partial charge on any atom is 0.162 e. The number of benzene rings is 2. The summed E-state index contributed by atoms with van der Waals surface area (Å²) in [5.41, 5.74) is 0. The second-order valence-corrected chi connectivity index (χ2v) is 3.36. The summed E-state index contributed by atoms with van der Waals surface area (Å²) in [4.78, 5) is 0. The summed E-state index contributed by atoms with van der Waals surface area (Å²) in [5.74, 6) is 2.32. The Morgan fingerprint density at radius 2 is 1.31 bits per heavy atom. The van der Waals surface area contributed by atoms with Gasteiger partial charge >= 0.3 is 0 Å². The summed E-state index contributed by atoms with van der Waals surface area (Å²) in [5, 5.41) is 0. The molecule has 16 heavy (non-hydrogen) atoms. The first-order valence-corrected chi connectivity index (χ1v) is 5.43. The predicted molar refractivity (Wildman–Crippen MR) is 64.3 cm³/mol. The smallest absolute Gasteiger partial charge is 0.162 e. The Morgan fingerprint density at radius 3 is 1.94 bits per heavy atom. The Balaban J connectivity index is 2.05. The molecule has 2 rings (SSSR count). The van der Waals surface area contributed by atoms with Crippen LogP contribution in [-0.2, 0) is 0 Å². The Labute approximate surface area is 99.4 Å². The lowest BCUT2D eigenvalue weighted by atomic mass is 10.3. The second-order valence-electron chi connectivity index (χ2n) is 3.14. The fourth-order valence-electron chi connectivity index (χ4n) is 1.29. The third kappa shape index (κ3) is 2.91. The van der Waals surface area contributed by atoms with E-state index in [1.54, 1.807) is 0 Å². The molecule has 0 saturated heterocycles. The van der Waals surface area contributed by atoms with Gasteiger partial charge < -0.3 is 9.47 Å². The summed E-state index contributed by atoms with van der Waals surface area (Å²) in [7, 11) is 0. The Hall–Kier alpha value is -1.67. The van der Waals surface area contributed by atoms with Crippen LogP contribution in [-0.4, -0.2) is 6.07 Å². The molecule has 0 unspecified atom stereocenters. The zero-order valence-corrected chi connectivity index (χ0v) is 9.35. The molecule has 2 aromatic carbocycles. The van der Waals surface area contributed by atoms with Crippen molar-refractivity contribution in [3.05, 3.63) is 54.6 Å². The third-order valence-electron chi connectivity index (χ3n) is 2.02. The van der Waals surface area contributed by atoms with E-state index in [4.69, 9.17) is 21.1 Å². The molecule has 2 nitrogen and oxygen atoms in total. The van der Waals surface area contributed by atoms with Gasteiger partial charge in [0.05, 0.1) is 0 Å². The molecule has 0 fully saturated rings. The monoisotopic (exact) mass is 234 g/mol. The summed E-state index contributed by atoms with van der Waals surface area (Å²) in [6.07, 6.45) is 0. The van der Waals surface area contributed by atoms with Crippen LogP contribution in [0.1, 0.15) is 0 Å². The van der Waals surface area contributed by atoms with Crippen molar-refractivity contribution in [1.82, 2.24) is 0 Å². The third-order valence-corrected chi connectivity index (χ3v) is 2.13. The van der Waals surface area contributed by atoms with E-state index in [2.05, 4.69) is 0 Å². The van der Waals surface area contributed by atoms with Crippen molar-refractivity contribution in [2.45, 2.75) is 0 Å². The van der Waals surface area contributed by atoms with Gasteiger partial charge in [0.2, 0.25) is 0 Å². The Kier molecular flexibility index (Phi) is 3.67. The summed E-state index contributed by atoms with van der Waals surface area (Å²) in [6, 6.07) is 17.1. The van der Waals surface area contributed by atoms with Crippen molar-refractivity contribution in [1.29, 1.82) is 0 Å². The summed E-state index contributed by atoms with van der Waals surface area (Å²) < 4.78 is 10.7. The topological polar surface area (TPSA) is 18.5 Å². The minimum atomic E-state index is 0.152. The lowest BCUT2D eigenvalue weighted by molar-refractivity contribution is 0.386. The molecular formula is C13H11ClO2. The molecular weight excluding hydrogens is 224 g/mol. The normalized spacial score (nSPS) is 9.81. The molecule has 0 radical (unpaired) electrons. The van der Waals surface area contributed by atoms with Gasteiger partial charge in [-0.1, -0.05) is 29.8 Å². The van der Waals surface area contributed by atoms with Gasteiger partial charge in [-0.2, -0.15) is 0 Å². The minimum Gasteiger partial charge on any atom is -0.478 e. The van der Waals surface area contributed by atoms with E-state index in [-0.39, 0.29) is 6.07 Å². The van der Waals surface area contributed by atoms with Crippen LogP contribution >= 0.6 is 11.6 Å². The van der Waals surface area contributed by atoms with Crippen molar-refractivity contribution in [2.75, 3.05) is 6.07 Å². The molecule has 0 aromatic heterocycles. The van der Waals surface area contributed by atoms with Crippen molar-refractivity contribution >= 4 is 11.6 Å². The van der Waals surface area contributed by atoms with E-state index in [1.165, 1.54) is 0 Å². The van der Waals surface area contributed by atoms with E-state index < -0.39 is 0 Å². The van der Waals surface area contributed by atoms with Crippen LogP contribution in [0, 0.1) is 0 Å². The van der Waals surface area contributed by atoms with Gasteiger partial charge in [0.15, 0.2) is 6.07 Å². The van der Waals surface area contributed by atoms with Crippen LogP contribution in [0.5, 0.6) is 17.2 Å². The van der Waals surface area contributed by atoms with Gasteiger partial charge in [-0.05, 0) is 36.4 Å². The maximum absolute atomic E-state index is 5.62. The van der Waals surface area contributed by atoms with Gasteiger partial charge in [0.1, 0.15) is 17.2 Å². The number of alkyl halides is 1. The molecule has 0 saturated carbocycles. The highest BCUT2D eigenvalue weighted by Gasteiger charge is 1.97. The van der Waals surface area contributed by atoms with E-state index in [1.807, 2.05) is 54.6 Å². The van der Waals surface area contributed by atoms with Crippen molar-refractivity contribution in [2.24, 2.45) is 0 Å². The highest BCUT2D eigenvalue weighted by Crippen LogP contribution is 2.23. The molecule has 0 heterocycles. The molecule has 0 atom stereocenters. The molecule has 0 amide bonds. The molecule has 0 spiro atoms. The highest BCUT2D eigenvalue weighted by molar-refractivity contribution is 6.17. The minimum absolute atomic E-state index is 0.152. The lowest BCUT2D eigenvalue weighted by Crippen LogP contribution is -1.88. The lowest BCUT2D eigenvalue weighted by Gasteiger charge is -2.06. The zero-order chi connectivity index (χ0) is 11.2. The second kappa shape index (κ2) is 5.42. The van der Waals surface area contributed by atoms with Gasteiger partial charge in [-0.3, -0.25) is 0 Å². The zero-order valence-electron chi connectivity index (χ0n) is 8.60. The molecule has 0 N–H and O–H groups in total. The van der Waals surface area contributed by atoms with Gasteiger partial charge in [-0.15, -0.1) is 0 Å². The van der Waals surface area contributed by atoms with Gasteiger partial charge in [0, 0.05) is 0 Å². The SMILES string of the molecule is ClCOc1ccc(Oc2ccccc2)cc1. The number of para-hydroxylation sites is 1. The summed E-state index contributed by atoms with van der Waals surface area (Å²) >= 11 is 5.45. The van der Waals surface area contributed by atoms with Crippen LogP contribution in [0.15, 0.2) is 54.6 Å². The first-order valence-electron chi connectivity index (χ1n) is 4.90. The van der Waals surface area contributed by atoms with Crippen LogP contribution < -0.4 is 9.47 Å². The number of hydrogen-bond donors (Lipinski definition) is 0. The van der Waals surface area contributed by atoms with E-state index in [0.29, 0.717) is 0 Å². The molecule has 3 heteroatoms. The van der Waals surface area contributed by atoms with Gasteiger partial charge in [0.25, 0.3) is 0 Å². The van der Waals surface area contributed by atoms with E-state index in [0.717, 1.165) is 17.2 Å². The van der Waals surface area contributed by atoms with E-state index in [9.17, 15) is 0 Å². The fraction of sp³-hybridized carbons (Fsp3) is 0.0769. The molecule has 0 bridgehead atoms. The maximum atomic E-state index is 5.62. The number of ether oxygens (including phenoxy) is 2. The number of hydrogen-bond acceptors (Lipinski definition) is 2. The number of rotatable bonds is 4. The van der Waals surface area contributed by atoms with Crippen LogP contribution in [0.3, 0.4) is 0 Å². The average Bonchev–Trinajstić information content (AvgIpc) is 2.33. The highest BCUT2D eigenvalue weighted by atomic mass is 35.5. The van der Waals surface area contributed by atoms with Crippen LogP contribution in [0.2, 0.25) is 0 Å². The molecule has 2 aromatic rings. The van der Waals surface area contributed by atoms with Crippen LogP contribution in [0.4, 0.5) is 0 Å². The molecule has 82 valence electrons. The van der Waals surface area contributed by atoms with Crippen molar-refractivity contribution in [3.8, 4) is 17.2 Å². The van der Waals surface area contributed by atoms with E-state index >= 15 is 0 Å². The summed E-state index contributed by atoms with van der Waals surface area (Å²) in [6.45, 7) is 0. The largest absolute Gasteiger partial charge is 0.478 e. The van der Waals surface area contributed by atoms with Gasteiger partial charge in [-0.25, -0.2) is 0 Å². The van der Waals surface area contributed by atoms with Crippen molar-refractivity contribution in [3.63, 3.8) is 0 Å². The first-order chi connectivity index (χ1) is 7.88. The molecule has 0 aliphatic heterocycles. The first kappa shape index (κ1) is 10.8. The Morgan fingerprint density at radius 1 is 0.750 bits per heavy atom. The Bertz CT molecular complexity index is 425.